The number of fused-ring (bicyclic) bond motifs is 1. The number of anilines is 2. The number of benzene rings is 1. The van der Waals surface area contributed by atoms with Crippen molar-refractivity contribution in [3.63, 3.8) is 0 Å². The van der Waals surface area contributed by atoms with E-state index in [2.05, 4.69) is 30.6 Å². The van der Waals surface area contributed by atoms with Crippen molar-refractivity contribution >= 4 is 22.3 Å². The van der Waals surface area contributed by atoms with Crippen LogP contribution < -0.4 is 10.6 Å². The zero-order valence-corrected chi connectivity index (χ0v) is 12.5. The molecule has 1 aliphatic heterocycles. The highest BCUT2D eigenvalue weighted by atomic mass is 16.3. The van der Waals surface area contributed by atoms with Crippen molar-refractivity contribution in [2.45, 2.75) is 26.3 Å². The molecule has 0 atom stereocenters. The van der Waals surface area contributed by atoms with Gasteiger partial charge in [0.15, 0.2) is 5.58 Å². The van der Waals surface area contributed by atoms with Crippen LogP contribution in [0.3, 0.4) is 0 Å². The van der Waals surface area contributed by atoms with Gasteiger partial charge in [-0.15, -0.1) is 0 Å². The minimum absolute atomic E-state index is 0.238. The van der Waals surface area contributed by atoms with Crippen LogP contribution in [0.15, 0.2) is 28.9 Å². The van der Waals surface area contributed by atoms with Crippen LogP contribution in [0.25, 0.3) is 11.0 Å². The van der Waals surface area contributed by atoms with E-state index in [1.165, 1.54) is 0 Å². The number of hydrogen-bond donors (Lipinski definition) is 1. The van der Waals surface area contributed by atoms with Crippen LogP contribution in [-0.2, 0) is 0 Å². The third kappa shape index (κ3) is 2.36. The fourth-order valence-electron chi connectivity index (χ4n) is 2.94. The maximum atomic E-state index is 6.01. The molecule has 20 heavy (non-hydrogen) atoms. The zero-order chi connectivity index (χ0) is 14.3. The van der Waals surface area contributed by atoms with Gasteiger partial charge in [0.1, 0.15) is 0 Å². The Morgan fingerprint density at radius 3 is 2.45 bits per heavy atom. The third-order valence-electron chi connectivity index (χ3n) is 4.12. The molecule has 4 nitrogen and oxygen atoms in total. The maximum absolute atomic E-state index is 6.01. The van der Waals surface area contributed by atoms with Crippen LogP contribution in [0.1, 0.15) is 20.8 Å². The molecule has 0 spiro atoms. The normalized spacial score (nSPS) is 17.9. The van der Waals surface area contributed by atoms with Gasteiger partial charge in [-0.2, -0.15) is 0 Å². The van der Waals surface area contributed by atoms with E-state index in [1.807, 2.05) is 18.2 Å². The summed E-state index contributed by atoms with van der Waals surface area (Å²) in [5.74, 6) is 0. The molecule has 0 radical (unpaired) electrons. The van der Waals surface area contributed by atoms with Gasteiger partial charge in [0.2, 0.25) is 0 Å². The minimum Gasteiger partial charge on any atom is -0.462 e. The molecule has 2 aromatic rings. The second-order valence-corrected chi connectivity index (χ2v) is 6.52. The number of nitrogens with two attached hydrogens (primary N) is 1. The topological polar surface area (TPSA) is 45.6 Å². The van der Waals surface area contributed by atoms with E-state index >= 15 is 0 Å². The molecule has 0 amide bonds. The number of nitrogen functional groups attached to an aromatic ring is 1. The SMILES string of the molecule is CC(C)(C)N1CCN(c2cc(N)cc3ccoc23)CC1. The molecule has 1 aliphatic rings. The summed E-state index contributed by atoms with van der Waals surface area (Å²) in [6.45, 7) is 11.0. The van der Waals surface area contributed by atoms with Crippen molar-refractivity contribution in [1.29, 1.82) is 0 Å². The average molecular weight is 273 g/mol. The van der Waals surface area contributed by atoms with Crippen LogP contribution in [0.4, 0.5) is 11.4 Å². The molecule has 0 unspecified atom stereocenters. The van der Waals surface area contributed by atoms with Gasteiger partial charge in [-0.1, -0.05) is 0 Å². The van der Waals surface area contributed by atoms with Gasteiger partial charge in [0, 0.05) is 42.8 Å². The van der Waals surface area contributed by atoms with Crippen LogP contribution >= 0.6 is 0 Å². The number of piperazine rings is 1. The first-order chi connectivity index (χ1) is 9.45. The molecular weight excluding hydrogens is 250 g/mol. The number of nitrogens with zero attached hydrogens (tertiary/aromatic N) is 2. The highest BCUT2D eigenvalue weighted by Crippen LogP contribution is 2.31. The van der Waals surface area contributed by atoms with Crippen molar-refractivity contribution in [2.24, 2.45) is 0 Å². The molecular formula is C16H23N3O. The quantitative estimate of drug-likeness (QED) is 0.811. The summed E-state index contributed by atoms with van der Waals surface area (Å²) < 4.78 is 5.64. The van der Waals surface area contributed by atoms with E-state index in [-0.39, 0.29) is 5.54 Å². The number of furan rings is 1. The van der Waals surface area contributed by atoms with Gasteiger partial charge >= 0.3 is 0 Å². The minimum atomic E-state index is 0.238. The Morgan fingerprint density at radius 2 is 1.80 bits per heavy atom. The van der Waals surface area contributed by atoms with Gasteiger partial charge in [0.25, 0.3) is 0 Å². The average Bonchev–Trinajstić information content (AvgIpc) is 2.85. The Morgan fingerprint density at radius 1 is 1.10 bits per heavy atom. The number of hydrogen-bond acceptors (Lipinski definition) is 4. The van der Waals surface area contributed by atoms with E-state index in [0.717, 1.165) is 48.5 Å². The Bertz CT molecular complexity index is 604. The summed E-state index contributed by atoms with van der Waals surface area (Å²) in [6.07, 6.45) is 1.74. The van der Waals surface area contributed by atoms with E-state index in [9.17, 15) is 0 Å². The van der Waals surface area contributed by atoms with Crippen molar-refractivity contribution < 1.29 is 4.42 Å². The number of rotatable bonds is 1. The monoisotopic (exact) mass is 273 g/mol. The first-order valence-electron chi connectivity index (χ1n) is 7.22. The van der Waals surface area contributed by atoms with Gasteiger partial charge in [-0.25, -0.2) is 0 Å². The Balaban J connectivity index is 1.85. The van der Waals surface area contributed by atoms with Crippen LogP contribution in [0, 0.1) is 0 Å². The molecule has 1 fully saturated rings. The lowest BCUT2D eigenvalue weighted by Crippen LogP contribution is -2.53. The lowest BCUT2D eigenvalue weighted by atomic mass is 10.0. The molecule has 4 heteroatoms. The lowest BCUT2D eigenvalue weighted by Gasteiger charge is -2.43. The fraction of sp³-hybridized carbons (Fsp3) is 0.500. The standard InChI is InChI=1S/C16H23N3O/c1-16(2,3)19-7-5-18(6-8-19)14-11-13(17)10-12-4-9-20-15(12)14/h4,9-11H,5-8,17H2,1-3H3. The smallest absolute Gasteiger partial charge is 0.157 e. The Labute approximate surface area is 120 Å². The molecule has 108 valence electrons. The molecule has 3 rings (SSSR count). The Kier molecular flexibility index (Phi) is 3.13. The van der Waals surface area contributed by atoms with E-state index < -0.39 is 0 Å². The van der Waals surface area contributed by atoms with Gasteiger partial charge < -0.3 is 15.1 Å². The molecule has 0 bridgehead atoms. The molecule has 1 saturated heterocycles. The zero-order valence-electron chi connectivity index (χ0n) is 12.5. The largest absolute Gasteiger partial charge is 0.462 e. The third-order valence-corrected chi connectivity index (χ3v) is 4.12. The molecule has 2 heterocycles. The Hall–Kier alpha value is -1.68. The summed E-state index contributed by atoms with van der Waals surface area (Å²) in [5, 5.41) is 1.08. The molecule has 2 N–H and O–H groups in total. The first kappa shape index (κ1) is 13.3. The summed E-state index contributed by atoms with van der Waals surface area (Å²) in [5.41, 5.74) is 9.12. The lowest BCUT2D eigenvalue weighted by molar-refractivity contribution is 0.128. The molecule has 1 aromatic heterocycles. The fourth-order valence-corrected chi connectivity index (χ4v) is 2.94. The highest BCUT2D eigenvalue weighted by molar-refractivity contribution is 5.92. The maximum Gasteiger partial charge on any atom is 0.157 e. The summed E-state index contributed by atoms with van der Waals surface area (Å²) >= 11 is 0. The molecule has 0 saturated carbocycles. The van der Waals surface area contributed by atoms with Crippen LogP contribution in [-0.4, -0.2) is 36.6 Å². The predicted octanol–water partition coefficient (Wildman–Crippen LogP) is 2.94. The van der Waals surface area contributed by atoms with Gasteiger partial charge in [0.05, 0.1) is 12.0 Å². The van der Waals surface area contributed by atoms with Crippen LogP contribution in [0.2, 0.25) is 0 Å². The predicted molar refractivity (Wildman–Crippen MR) is 84.2 cm³/mol. The van der Waals surface area contributed by atoms with Gasteiger partial charge in [-0.05, 0) is 39.0 Å². The van der Waals surface area contributed by atoms with Crippen molar-refractivity contribution in [1.82, 2.24) is 4.90 Å². The van der Waals surface area contributed by atoms with E-state index in [0.29, 0.717) is 0 Å². The van der Waals surface area contributed by atoms with E-state index in [1.54, 1.807) is 6.26 Å². The summed E-state index contributed by atoms with van der Waals surface area (Å²) in [6, 6.07) is 5.97. The van der Waals surface area contributed by atoms with E-state index in [4.69, 9.17) is 10.2 Å². The van der Waals surface area contributed by atoms with Crippen molar-refractivity contribution in [2.75, 3.05) is 36.8 Å². The molecule has 1 aromatic carbocycles. The summed E-state index contributed by atoms with van der Waals surface area (Å²) in [4.78, 5) is 4.90. The van der Waals surface area contributed by atoms with Crippen LogP contribution in [0.5, 0.6) is 0 Å². The first-order valence-corrected chi connectivity index (χ1v) is 7.22. The second-order valence-electron chi connectivity index (χ2n) is 6.52. The van der Waals surface area contributed by atoms with Gasteiger partial charge in [-0.3, -0.25) is 4.90 Å². The highest BCUT2D eigenvalue weighted by Gasteiger charge is 2.26. The van der Waals surface area contributed by atoms with Crippen molar-refractivity contribution in [3.05, 3.63) is 24.5 Å². The molecule has 0 aliphatic carbocycles. The van der Waals surface area contributed by atoms with Crippen molar-refractivity contribution in [3.8, 4) is 0 Å². The summed E-state index contributed by atoms with van der Waals surface area (Å²) in [7, 11) is 0. The second kappa shape index (κ2) is 4.70.